The minimum absolute atomic E-state index is 0.0755. The zero-order chi connectivity index (χ0) is 19.9. The third kappa shape index (κ3) is 5.16. The average Bonchev–Trinajstić information content (AvgIpc) is 3.46. The first-order valence-electron chi connectivity index (χ1n) is 9.32. The second-order valence-corrected chi connectivity index (χ2v) is 7.38. The summed E-state index contributed by atoms with van der Waals surface area (Å²) in [6.07, 6.45) is 4.18. The molecule has 0 saturated heterocycles. The van der Waals surface area contributed by atoms with Gasteiger partial charge in [0.1, 0.15) is 0 Å². The predicted octanol–water partition coefficient (Wildman–Crippen LogP) is 3.87. The van der Waals surface area contributed by atoms with E-state index in [4.69, 9.17) is 0 Å². The van der Waals surface area contributed by atoms with Gasteiger partial charge in [-0.2, -0.15) is 5.10 Å². The largest absolute Gasteiger partial charge is 0.325 e. The molecule has 2 heterocycles. The highest BCUT2D eigenvalue weighted by molar-refractivity contribution is 7.07. The van der Waals surface area contributed by atoms with Crippen LogP contribution < -0.4 is 10.6 Å². The van der Waals surface area contributed by atoms with Gasteiger partial charge in [0.15, 0.2) is 0 Å². The molecular weight excluding hydrogens is 382 g/mol. The van der Waals surface area contributed by atoms with E-state index in [0.717, 1.165) is 28.1 Å². The molecule has 6 nitrogen and oxygen atoms in total. The Morgan fingerprint density at radius 2 is 2.00 bits per heavy atom. The quantitative estimate of drug-likeness (QED) is 0.417. The summed E-state index contributed by atoms with van der Waals surface area (Å²) < 4.78 is 0. The van der Waals surface area contributed by atoms with Gasteiger partial charge in [-0.05, 0) is 29.7 Å². The maximum absolute atomic E-state index is 13.1. The van der Waals surface area contributed by atoms with Crippen LogP contribution >= 0.6 is 11.3 Å². The van der Waals surface area contributed by atoms with Crippen molar-refractivity contribution in [3.8, 4) is 11.1 Å². The first-order valence-corrected chi connectivity index (χ1v) is 10.3. The molecule has 146 valence electrons. The molecule has 0 saturated carbocycles. The fraction of sp³-hybridized carbons (Fsp3) is 0.136. The molecule has 1 atom stereocenters. The maximum Gasteiger partial charge on any atom is 0.241 e. The Bertz CT molecular complexity index is 1030. The van der Waals surface area contributed by atoms with Gasteiger partial charge in [0, 0.05) is 29.4 Å². The van der Waals surface area contributed by atoms with E-state index in [-0.39, 0.29) is 11.9 Å². The minimum Gasteiger partial charge on any atom is -0.325 e. The molecule has 2 aromatic carbocycles. The number of thiazole rings is 1. The third-order valence-electron chi connectivity index (χ3n) is 4.57. The normalized spacial score (nSPS) is 11.9. The van der Waals surface area contributed by atoms with E-state index in [2.05, 4.69) is 25.8 Å². The summed E-state index contributed by atoms with van der Waals surface area (Å²) in [4.78, 5) is 17.4. The summed E-state index contributed by atoms with van der Waals surface area (Å²) in [5.74, 6) is -0.0755. The number of aromatic nitrogens is 3. The van der Waals surface area contributed by atoms with Gasteiger partial charge < -0.3 is 5.32 Å². The van der Waals surface area contributed by atoms with Crippen LogP contribution in [-0.4, -0.2) is 27.1 Å². The van der Waals surface area contributed by atoms with Crippen LogP contribution in [0.1, 0.15) is 11.3 Å². The molecule has 4 aromatic rings. The predicted molar refractivity (Wildman–Crippen MR) is 116 cm³/mol. The highest BCUT2D eigenvalue weighted by atomic mass is 32.1. The molecule has 1 amide bonds. The Labute approximate surface area is 173 Å². The molecule has 0 aliphatic rings. The lowest BCUT2D eigenvalue weighted by molar-refractivity contribution is -0.118. The SMILES string of the molecule is O=C(Nc1cccc(-c2cn[nH]c2)c1)C(Cc1ccccc1)NCc1cscn1. The molecule has 7 heteroatoms. The van der Waals surface area contributed by atoms with Crippen molar-refractivity contribution in [2.75, 3.05) is 5.32 Å². The number of hydrogen-bond acceptors (Lipinski definition) is 5. The molecule has 3 N–H and O–H groups in total. The molecule has 29 heavy (non-hydrogen) atoms. The lowest BCUT2D eigenvalue weighted by Gasteiger charge is -2.18. The zero-order valence-electron chi connectivity index (χ0n) is 15.7. The minimum atomic E-state index is -0.378. The van der Waals surface area contributed by atoms with Crippen molar-refractivity contribution in [3.63, 3.8) is 0 Å². The molecule has 0 aliphatic carbocycles. The van der Waals surface area contributed by atoms with Crippen LogP contribution in [0, 0.1) is 0 Å². The van der Waals surface area contributed by atoms with Crippen LogP contribution in [0.2, 0.25) is 0 Å². The van der Waals surface area contributed by atoms with Gasteiger partial charge in [0.2, 0.25) is 5.91 Å². The standard InChI is InChI=1S/C22H21N5OS/c28-22(27-19-8-4-7-17(10-19)18-11-25-26-12-18)21(9-16-5-2-1-3-6-16)23-13-20-14-29-15-24-20/h1-8,10-12,14-15,21,23H,9,13H2,(H,25,26)(H,27,28). The molecule has 0 bridgehead atoms. The number of rotatable bonds is 8. The molecule has 4 rings (SSSR count). The lowest BCUT2D eigenvalue weighted by Crippen LogP contribution is -2.41. The van der Waals surface area contributed by atoms with E-state index in [9.17, 15) is 4.79 Å². The number of carbonyl (C=O) groups is 1. The molecule has 2 aromatic heterocycles. The van der Waals surface area contributed by atoms with Crippen molar-refractivity contribution in [2.24, 2.45) is 0 Å². The molecule has 0 aliphatic heterocycles. The lowest BCUT2D eigenvalue weighted by atomic mass is 10.0. The van der Waals surface area contributed by atoms with Crippen molar-refractivity contribution in [3.05, 3.63) is 89.1 Å². The second kappa shape index (κ2) is 9.27. The van der Waals surface area contributed by atoms with Gasteiger partial charge in [-0.25, -0.2) is 4.98 Å². The Kier molecular flexibility index (Phi) is 6.09. The van der Waals surface area contributed by atoms with Crippen molar-refractivity contribution in [1.82, 2.24) is 20.5 Å². The van der Waals surface area contributed by atoms with Crippen LogP contribution in [0.3, 0.4) is 0 Å². The summed E-state index contributed by atoms with van der Waals surface area (Å²) in [7, 11) is 0. The van der Waals surface area contributed by atoms with Gasteiger partial charge in [-0.15, -0.1) is 11.3 Å². The summed E-state index contributed by atoms with van der Waals surface area (Å²) in [5.41, 5.74) is 6.55. The number of amides is 1. The molecule has 0 radical (unpaired) electrons. The Morgan fingerprint density at radius 1 is 1.10 bits per heavy atom. The van der Waals surface area contributed by atoms with E-state index >= 15 is 0 Å². The van der Waals surface area contributed by atoms with Crippen LogP contribution in [0.15, 0.2) is 77.9 Å². The highest BCUT2D eigenvalue weighted by Crippen LogP contribution is 2.21. The Hall–Kier alpha value is -3.29. The van der Waals surface area contributed by atoms with Crippen LogP contribution in [0.4, 0.5) is 5.69 Å². The topological polar surface area (TPSA) is 82.7 Å². The summed E-state index contributed by atoms with van der Waals surface area (Å²) >= 11 is 1.55. The Balaban J connectivity index is 1.48. The highest BCUT2D eigenvalue weighted by Gasteiger charge is 2.19. The molecule has 0 fully saturated rings. The van der Waals surface area contributed by atoms with E-state index in [0.29, 0.717) is 13.0 Å². The first kappa shape index (κ1) is 19.0. The molecule has 1 unspecified atom stereocenters. The number of hydrogen-bond donors (Lipinski definition) is 3. The summed E-state index contributed by atoms with van der Waals surface area (Å²) in [6.45, 7) is 0.545. The van der Waals surface area contributed by atoms with E-state index in [1.807, 2.05) is 66.2 Å². The van der Waals surface area contributed by atoms with E-state index in [1.165, 1.54) is 0 Å². The second-order valence-electron chi connectivity index (χ2n) is 6.66. The monoisotopic (exact) mass is 403 g/mol. The molecular formula is C22H21N5OS. The summed E-state index contributed by atoms with van der Waals surface area (Å²) in [5, 5.41) is 15.2. The van der Waals surface area contributed by atoms with E-state index in [1.54, 1.807) is 23.0 Å². The summed E-state index contributed by atoms with van der Waals surface area (Å²) in [6, 6.07) is 17.4. The number of aromatic amines is 1. The number of H-pyrrole nitrogens is 1. The zero-order valence-corrected chi connectivity index (χ0v) is 16.5. The fourth-order valence-electron chi connectivity index (χ4n) is 3.07. The number of benzene rings is 2. The van der Waals surface area contributed by atoms with Crippen molar-refractivity contribution in [1.29, 1.82) is 0 Å². The maximum atomic E-state index is 13.1. The van der Waals surface area contributed by atoms with Gasteiger partial charge in [-0.1, -0.05) is 42.5 Å². The number of carbonyl (C=O) groups excluding carboxylic acids is 1. The van der Waals surface area contributed by atoms with Gasteiger partial charge >= 0.3 is 0 Å². The fourth-order valence-corrected chi connectivity index (χ4v) is 3.63. The number of nitrogens with one attached hydrogen (secondary N) is 3. The van der Waals surface area contributed by atoms with Crippen LogP contribution in [0.25, 0.3) is 11.1 Å². The van der Waals surface area contributed by atoms with Gasteiger partial charge in [0.05, 0.1) is 23.4 Å². The third-order valence-corrected chi connectivity index (χ3v) is 5.21. The van der Waals surface area contributed by atoms with Crippen LogP contribution in [-0.2, 0) is 17.8 Å². The Morgan fingerprint density at radius 3 is 2.76 bits per heavy atom. The van der Waals surface area contributed by atoms with Gasteiger partial charge in [-0.3, -0.25) is 15.2 Å². The van der Waals surface area contributed by atoms with E-state index < -0.39 is 0 Å². The number of nitrogens with zero attached hydrogens (tertiary/aromatic N) is 2. The average molecular weight is 404 g/mol. The number of anilines is 1. The van der Waals surface area contributed by atoms with Crippen molar-refractivity contribution in [2.45, 2.75) is 19.0 Å². The van der Waals surface area contributed by atoms with Crippen molar-refractivity contribution < 1.29 is 4.79 Å². The van der Waals surface area contributed by atoms with Crippen LogP contribution in [0.5, 0.6) is 0 Å². The molecule has 0 spiro atoms. The van der Waals surface area contributed by atoms with Crippen molar-refractivity contribution >= 4 is 22.9 Å². The first-order chi connectivity index (χ1) is 14.3. The van der Waals surface area contributed by atoms with Gasteiger partial charge in [0.25, 0.3) is 0 Å². The smallest absolute Gasteiger partial charge is 0.241 e.